The Morgan fingerprint density at radius 3 is 2.65 bits per heavy atom. The fraction of sp³-hybridized carbons (Fsp3) is 0.600. The molecule has 0 aliphatic heterocycles. The van der Waals surface area contributed by atoms with Gasteiger partial charge >= 0.3 is 0 Å². The van der Waals surface area contributed by atoms with E-state index < -0.39 is 0 Å². The summed E-state index contributed by atoms with van der Waals surface area (Å²) in [5, 5.41) is 3.75. The van der Waals surface area contributed by atoms with Crippen molar-refractivity contribution in [3.63, 3.8) is 0 Å². The first-order chi connectivity index (χ1) is 8.19. The van der Waals surface area contributed by atoms with Gasteiger partial charge in [0.25, 0.3) is 0 Å². The molecule has 94 valence electrons. The Bertz CT molecular complexity index is 371. The Kier molecular flexibility index (Phi) is 4.26. The van der Waals surface area contributed by atoms with E-state index in [4.69, 9.17) is 0 Å². The average Bonchev–Trinajstić information content (AvgIpc) is 3.11. The summed E-state index contributed by atoms with van der Waals surface area (Å²) in [5.41, 5.74) is 2.02. The Balaban J connectivity index is 1.97. The van der Waals surface area contributed by atoms with Crippen LogP contribution in [0.2, 0.25) is 0 Å². The number of hydrogen-bond acceptors (Lipinski definition) is 1. The van der Waals surface area contributed by atoms with E-state index in [1.807, 2.05) is 0 Å². The standard InChI is InChI=1S/C15H22BrN/c1-3-14(12-6-5-7-13(16)10-12)17-11-15(4-2)8-9-15/h5-7,10,14,17H,3-4,8-9,11H2,1-2H3. The smallest absolute Gasteiger partial charge is 0.0318 e. The predicted molar refractivity (Wildman–Crippen MR) is 77.1 cm³/mol. The Labute approximate surface area is 113 Å². The summed E-state index contributed by atoms with van der Waals surface area (Å²) in [7, 11) is 0. The lowest BCUT2D eigenvalue weighted by Gasteiger charge is -2.21. The second-order valence-corrected chi connectivity index (χ2v) is 6.17. The fourth-order valence-corrected chi connectivity index (χ4v) is 2.81. The molecule has 0 aromatic heterocycles. The van der Waals surface area contributed by atoms with Crippen LogP contribution in [0.5, 0.6) is 0 Å². The molecule has 0 radical (unpaired) electrons. The molecule has 1 atom stereocenters. The van der Waals surface area contributed by atoms with Crippen molar-refractivity contribution >= 4 is 15.9 Å². The summed E-state index contributed by atoms with van der Waals surface area (Å²) in [4.78, 5) is 0. The average molecular weight is 296 g/mol. The summed E-state index contributed by atoms with van der Waals surface area (Å²) < 4.78 is 1.17. The van der Waals surface area contributed by atoms with E-state index in [1.165, 1.54) is 35.8 Å². The van der Waals surface area contributed by atoms with Crippen molar-refractivity contribution in [3.05, 3.63) is 34.3 Å². The highest BCUT2D eigenvalue weighted by Gasteiger charge is 2.40. The molecule has 1 unspecified atom stereocenters. The molecule has 1 aliphatic carbocycles. The predicted octanol–water partition coefficient (Wildman–Crippen LogP) is 4.68. The summed E-state index contributed by atoms with van der Waals surface area (Å²) >= 11 is 3.55. The van der Waals surface area contributed by atoms with Gasteiger partial charge in [-0.2, -0.15) is 0 Å². The lowest BCUT2D eigenvalue weighted by molar-refractivity contribution is 0.399. The third-order valence-electron chi connectivity index (χ3n) is 4.09. The minimum Gasteiger partial charge on any atom is -0.309 e. The molecule has 0 heterocycles. The summed E-state index contributed by atoms with van der Waals surface area (Å²) in [5.74, 6) is 0. The van der Waals surface area contributed by atoms with Gasteiger partial charge in [-0.25, -0.2) is 0 Å². The lowest BCUT2D eigenvalue weighted by atomic mass is 10.0. The molecule has 0 bridgehead atoms. The highest BCUT2D eigenvalue weighted by Crippen LogP contribution is 2.48. The summed E-state index contributed by atoms with van der Waals surface area (Å²) in [6.07, 6.45) is 5.28. The molecule has 2 heteroatoms. The van der Waals surface area contributed by atoms with Gasteiger partial charge in [0, 0.05) is 17.1 Å². The molecular weight excluding hydrogens is 274 g/mol. The molecule has 0 amide bonds. The largest absolute Gasteiger partial charge is 0.309 e. The van der Waals surface area contributed by atoms with Crippen LogP contribution in [0.3, 0.4) is 0 Å². The molecule has 1 nitrogen and oxygen atoms in total. The van der Waals surface area contributed by atoms with E-state index in [-0.39, 0.29) is 0 Å². The molecule has 1 aliphatic rings. The number of halogens is 1. The van der Waals surface area contributed by atoms with Gasteiger partial charge in [-0.1, -0.05) is 41.9 Å². The van der Waals surface area contributed by atoms with Gasteiger partial charge in [0.15, 0.2) is 0 Å². The first-order valence-corrected chi connectivity index (χ1v) is 7.47. The summed E-state index contributed by atoms with van der Waals surface area (Å²) in [6.45, 7) is 5.74. The molecule has 0 spiro atoms. The fourth-order valence-electron chi connectivity index (χ4n) is 2.39. The number of benzene rings is 1. The normalized spacial score (nSPS) is 19.0. The zero-order valence-electron chi connectivity index (χ0n) is 10.8. The molecular formula is C15H22BrN. The zero-order chi connectivity index (χ0) is 12.3. The Hall–Kier alpha value is -0.340. The molecule has 1 aromatic rings. The molecule has 1 aromatic carbocycles. The van der Waals surface area contributed by atoms with E-state index in [0.717, 1.165) is 6.42 Å². The van der Waals surface area contributed by atoms with E-state index in [2.05, 4.69) is 59.4 Å². The maximum absolute atomic E-state index is 3.75. The third-order valence-corrected chi connectivity index (χ3v) is 4.58. The SMILES string of the molecule is CCC(NCC1(CC)CC1)c1cccc(Br)c1. The van der Waals surface area contributed by atoms with E-state index in [9.17, 15) is 0 Å². The van der Waals surface area contributed by atoms with Crippen molar-refractivity contribution in [1.29, 1.82) is 0 Å². The van der Waals surface area contributed by atoms with Gasteiger partial charge in [0.1, 0.15) is 0 Å². The van der Waals surface area contributed by atoms with Crippen molar-refractivity contribution in [2.45, 2.75) is 45.6 Å². The van der Waals surface area contributed by atoms with Crippen molar-refractivity contribution < 1.29 is 0 Å². The van der Waals surface area contributed by atoms with Crippen LogP contribution in [0.1, 0.15) is 51.1 Å². The highest BCUT2D eigenvalue weighted by atomic mass is 79.9. The van der Waals surface area contributed by atoms with Crippen LogP contribution in [0.4, 0.5) is 0 Å². The van der Waals surface area contributed by atoms with Gasteiger partial charge in [0.2, 0.25) is 0 Å². The van der Waals surface area contributed by atoms with E-state index >= 15 is 0 Å². The van der Waals surface area contributed by atoms with Gasteiger partial charge in [-0.05, 0) is 48.8 Å². The van der Waals surface area contributed by atoms with Gasteiger partial charge in [-0.15, -0.1) is 0 Å². The summed E-state index contributed by atoms with van der Waals surface area (Å²) in [6, 6.07) is 9.15. The lowest BCUT2D eigenvalue weighted by Crippen LogP contribution is -2.27. The van der Waals surface area contributed by atoms with Crippen LogP contribution in [-0.4, -0.2) is 6.54 Å². The van der Waals surface area contributed by atoms with Gasteiger partial charge in [-0.3, -0.25) is 0 Å². The zero-order valence-corrected chi connectivity index (χ0v) is 12.4. The molecule has 2 rings (SSSR count). The van der Waals surface area contributed by atoms with Crippen LogP contribution in [0, 0.1) is 5.41 Å². The number of rotatable bonds is 6. The first kappa shape index (κ1) is 13.1. The maximum atomic E-state index is 3.75. The molecule has 1 fully saturated rings. The Morgan fingerprint density at radius 2 is 2.12 bits per heavy atom. The second-order valence-electron chi connectivity index (χ2n) is 5.25. The van der Waals surface area contributed by atoms with Crippen molar-refractivity contribution in [1.82, 2.24) is 5.32 Å². The van der Waals surface area contributed by atoms with Crippen LogP contribution < -0.4 is 5.32 Å². The number of nitrogens with one attached hydrogen (secondary N) is 1. The van der Waals surface area contributed by atoms with Crippen LogP contribution in [0.15, 0.2) is 28.7 Å². The monoisotopic (exact) mass is 295 g/mol. The Morgan fingerprint density at radius 1 is 1.35 bits per heavy atom. The highest BCUT2D eigenvalue weighted by molar-refractivity contribution is 9.10. The topological polar surface area (TPSA) is 12.0 Å². The quantitative estimate of drug-likeness (QED) is 0.803. The van der Waals surface area contributed by atoms with E-state index in [0.29, 0.717) is 11.5 Å². The third kappa shape index (κ3) is 3.32. The molecule has 1 saturated carbocycles. The van der Waals surface area contributed by atoms with E-state index in [1.54, 1.807) is 0 Å². The van der Waals surface area contributed by atoms with Crippen LogP contribution in [0.25, 0.3) is 0 Å². The van der Waals surface area contributed by atoms with Gasteiger partial charge in [0.05, 0.1) is 0 Å². The van der Waals surface area contributed by atoms with Crippen molar-refractivity contribution in [2.75, 3.05) is 6.54 Å². The van der Waals surface area contributed by atoms with Crippen molar-refractivity contribution in [2.24, 2.45) is 5.41 Å². The van der Waals surface area contributed by atoms with Crippen LogP contribution >= 0.6 is 15.9 Å². The number of hydrogen-bond donors (Lipinski definition) is 1. The van der Waals surface area contributed by atoms with Gasteiger partial charge < -0.3 is 5.32 Å². The molecule has 17 heavy (non-hydrogen) atoms. The van der Waals surface area contributed by atoms with Crippen molar-refractivity contribution in [3.8, 4) is 0 Å². The van der Waals surface area contributed by atoms with Crippen LogP contribution in [-0.2, 0) is 0 Å². The second kappa shape index (κ2) is 5.53. The first-order valence-electron chi connectivity index (χ1n) is 6.68. The maximum Gasteiger partial charge on any atom is 0.0318 e. The minimum atomic E-state index is 0.497. The molecule has 0 saturated heterocycles. The minimum absolute atomic E-state index is 0.497. The molecule has 1 N–H and O–H groups in total.